The van der Waals surface area contributed by atoms with Crippen molar-refractivity contribution in [1.82, 2.24) is 4.72 Å². The van der Waals surface area contributed by atoms with Crippen LogP contribution in [0.15, 0.2) is 53.4 Å². The minimum absolute atomic E-state index is 0.305. The van der Waals surface area contributed by atoms with E-state index >= 15 is 0 Å². The molecule has 0 saturated heterocycles. The minimum atomic E-state index is -3.55. The first-order valence-corrected chi connectivity index (χ1v) is 8.14. The van der Waals surface area contributed by atoms with Crippen molar-refractivity contribution in [3.05, 3.63) is 59.7 Å². The molecule has 0 unspecified atom stereocenters. The Bertz CT molecular complexity index is 726. The summed E-state index contributed by atoms with van der Waals surface area (Å²) in [5.74, 6) is 0.703. The normalized spacial score (nSPS) is 12.9. The summed E-state index contributed by atoms with van der Waals surface area (Å²) in [7, 11) is -1.96. The van der Waals surface area contributed by atoms with E-state index in [-0.39, 0.29) is 6.04 Å². The van der Waals surface area contributed by atoms with E-state index in [0.29, 0.717) is 10.6 Å². The maximum absolute atomic E-state index is 12.4. The van der Waals surface area contributed by atoms with Crippen LogP contribution in [0.4, 0.5) is 0 Å². The summed E-state index contributed by atoms with van der Waals surface area (Å²) in [5, 5.41) is 0. The summed E-state index contributed by atoms with van der Waals surface area (Å²) in [6.07, 6.45) is 0. The van der Waals surface area contributed by atoms with Gasteiger partial charge in [-0.2, -0.15) is 0 Å². The molecule has 2 rings (SSSR count). The Morgan fingerprint density at radius 3 is 2.48 bits per heavy atom. The highest BCUT2D eigenvalue weighted by molar-refractivity contribution is 7.89. The van der Waals surface area contributed by atoms with E-state index in [1.54, 1.807) is 32.2 Å². The van der Waals surface area contributed by atoms with E-state index in [1.807, 2.05) is 37.3 Å². The maximum atomic E-state index is 12.4. The van der Waals surface area contributed by atoms with Crippen LogP contribution < -0.4 is 9.46 Å². The van der Waals surface area contributed by atoms with Gasteiger partial charge in [0.15, 0.2) is 0 Å². The molecule has 0 aliphatic heterocycles. The number of ether oxygens (including phenoxy) is 1. The molecule has 1 N–H and O–H groups in total. The average molecular weight is 305 g/mol. The SMILES string of the molecule is COc1cccc([C@H](C)NS(=O)(=O)c2ccccc2C)c1. The van der Waals surface area contributed by atoms with Gasteiger partial charge < -0.3 is 4.74 Å². The molecule has 4 nitrogen and oxygen atoms in total. The second-order valence-electron chi connectivity index (χ2n) is 4.89. The lowest BCUT2D eigenvalue weighted by molar-refractivity contribution is 0.413. The van der Waals surface area contributed by atoms with Gasteiger partial charge in [0, 0.05) is 6.04 Å². The predicted molar refractivity (Wildman–Crippen MR) is 82.9 cm³/mol. The molecule has 0 aromatic heterocycles. The highest BCUT2D eigenvalue weighted by Gasteiger charge is 2.20. The monoisotopic (exact) mass is 305 g/mol. The summed E-state index contributed by atoms with van der Waals surface area (Å²) >= 11 is 0. The molecule has 2 aromatic carbocycles. The van der Waals surface area contributed by atoms with Crippen LogP contribution in [-0.4, -0.2) is 15.5 Å². The Balaban J connectivity index is 2.26. The summed E-state index contributed by atoms with van der Waals surface area (Å²) < 4.78 is 32.8. The molecule has 0 heterocycles. The van der Waals surface area contributed by atoms with Gasteiger partial charge in [-0.15, -0.1) is 0 Å². The predicted octanol–water partition coefficient (Wildman–Crippen LogP) is 3.04. The van der Waals surface area contributed by atoms with Crippen LogP contribution in [0.1, 0.15) is 24.1 Å². The van der Waals surface area contributed by atoms with Gasteiger partial charge in [0.1, 0.15) is 5.75 Å². The third-order valence-corrected chi connectivity index (χ3v) is 5.01. The van der Waals surface area contributed by atoms with E-state index < -0.39 is 10.0 Å². The Morgan fingerprint density at radius 1 is 1.10 bits per heavy atom. The lowest BCUT2D eigenvalue weighted by Crippen LogP contribution is -2.27. The quantitative estimate of drug-likeness (QED) is 0.923. The molecule has 5 heteroatoms. The van der Waals surface area contributed by atoms with Crippen molar-refractivity contribution >= 4 is 10.0 Å². The van der Waals surface area contributed by atoms with E-state index in [1.165, 1.54) is 0 Å². The lowest BCUT2D eigenvalue weighted by atomic mass is 10.1. The van der Waals surface area contributed by atoms with Crippen molar-refractivity contribution < 1.29 is 13.2 Å². The van der Waals surface area contributed by atoms with Gasteiger partial charge in [-0.05, 0) is 43.2 Å². The minimum Gasteiger partial charge on any atom is -0.497 e. The second kappa shape index (κ2) is 6.28. The number of aryl methyl sites for hydroxylation is 1. The van der Waals surface area contributed by atoms with Crippen LogP contribution in [0.5, 0.6) is 5.75 Å². The van der Waals surface area contributed by atoms with Gasteiger partial charge in [-0.3, -0.25) is 0 Å². The molecule has 1 atom stereocenters. The molecule has 2 aromatic rings. The summed E-state index contributed by atoms with van der Waals surface area (Å²) in [5.41, 5.74) is 1.58. The average Bonchev–Trinajstić information content (AvgIpc) is 2.47. The highest BCUT2D eigenvalue weighted by Crippen LogP contribution is 2.22. The van der Waals surface area contributed by atoms with Crippen LogP contribution in [0.3, 0.4) is 0 Å². The highest BCUT2D eigenvalue weighted by atomic mass is 32.2. The van der Waals surface area contributed by atoms with Gasteiger partial charge >= 0.3 is 0 Å². The van der Waals surface area contributed by atoms with Crippen LogP contribution in [0.2, 0.25) is 0 Å². The van der Waals surface area contributed by atoms with Crippen molar-refractivity contribution in [1.29, 1.82) is 0 Å². The lowest BCUT2D eigenvalue weighted by Gasteiger charge is -2.16. The number of hydrogen-bond donors (Lipinski definition) is 1. The molecule has 0 aliphatic carbocycles. The maximum Gasteiger partial charge on any atom is 0.241 e. The molecule has 0 bridgehead atoms. The third-order valence-electron chi connectivity index (χ3n) is 3.31. The van der Waals surface area contributed by atoms with E-state index in [2.05, 4.69) is 4.72 Å². The van der Waals surface area contributed by atoms with Gasteiger partial charge in [0.2, 0.25) is 10.0 Å². The number of nitrogens with one attached hydrogen (secondary N) is 1. The fourth-order valence-electron chi connectivity index (χ4n) is 2.13. The molecule has 0 saturated carbocycles. The topological polar surface area (TPSA) is 55.4 Å². The van der Waals surface area contributed by atoms with E-state index in [0.717, 1.165) is 11.1 Å². The van der Waals surface area contributed by atoms with Crippen LogP contribution >= 0.6 is 0 Å². The number of benzene rings is 2. The fraction of sp³-hybridized carbons (Fsp3) is 0.250. The molecule has 0 radical (unpaired) electrons. The number of rotatable bonds is 5. The molecular weight excluding hydrogens is 286 g/mol. The Hall–Kier alpha value is -1.85. The van der Waals surface area contributed by atoms with Crippen molar-refractivity contribution in [2.45, 2.75) is 24.8 Å². The molecule has 0 spiro atoms. The first kappa shape index (κ1) is 15.5. The number of hydrogen-bond acceptors (Lipinski definition) is 3. The zero-order valence-electron chi connectivity index (χ0n) is 12.3. The fourth-order valence-corrected chi connectivity index (χ4v) is 3.61. The first-order chi connectivity index (χ1) is 9.94. The smallest absolute Gasteiger partial charge is 0.241 e. The second-order valence-corrected chi connectivity index (χ2v) is 6.57. The van der Waals surface area contributed by atoms with Crippen molar-refractivity contribution in [2.24, 2.45) is 0 Å². The number of methoxy groups -OCH3 is 1. The first-order valence-electron chi connectivity index (χ1n) is 6.66. The van der Waals surface area contributed by atoms with Crippen LogP contribution in [-0.2, 0) is 10.0 Å². The van der Waals surface area contributed by atoms with Crippen LogP contribution in [0.25, 0.3) is 0 Å². The molecule has 0 fully saturated rings. The Labute approximate surface area is 125 Å². The van der Waals surface area contributed by atoms with Gasteiger partial charge in [0.25, 0.3) is 0 Å². The molecular formula is C16H19NO3S. The van der Waals surface area contributed by atoms with E-state index in [4.69, 9.17) is 4.74 Å². The molecule has 0 aliphatic rings. The van der Waals surface area contributed by atoms with Crippen molar-refractivity contribution in [2.75, 3.05) is 7.11 Å². The Kier molecular flexibility index (Phi) is 4.65. The zero-order valence-corrected chi connectivity index (χ0v) is 13.1. The zero-order chi connectivity index (χ0) is 15.5. The number of sulfonamides is 1. The summed E-state index contributed by atoms with van der Waals surface area (Å²) in [4.78, 5) is 0.305. The summed E-state index contributed by atoms with van der Waals surface area (Å²) in [6, 6.07) is 13.9. The van der Waals surface area contributed by atoms with Crippen molar-refractivity contribution in [3.63, 3.8) is 0 Å². The third kappa shape index (κ3) is 3.62. The molecule has 112 valence electrons. The van der Waals surface area contributed by atoms with Gasteiger partial charge in [-0.25, -0.2) is 13.1 Å². The standard InChI is InChI=1S/C16H19NO3S/c1-12-7-4-5-10-16(12)21(18,19)17-13(2)14-8-6-9-15(11-14)20-3/h4-11,13,17H,1-3H3/t13-/m0/s1. The molecule has 0 amide bonds. The van der Waals surface area contributed by atoms with E-state index in [9.17, 15) is 8.42 Å². The largest absolute Gasteiger partial charge is 0.497 e. The van der Waals surface area contributed by atoms with Gasteiger partial charge in [-0.1, -0.05) is 30.3 Å². The molecule has 21 heavy (non-hydrogen) atoms. The Morgan fingerprint density at radius 2 is 1.81 bits per heavy atom. The summed E-state index contributed by atoms with van der Waals surface area (Å²) in [6.45, 7) is 3.59. The van der Waals surface area contributed by atoms with Crippen molar-refractivity contribution in [3.8, 4) is 5.75 Å². The van der Waals surface area contributed by atoms with Gasteiger partial charge in [0.05, 0.1) is 12.0 Å². The van der Waals surface area contributed by atoms with Crippen LogP contribution in [0, 0.1) is 6.92 Å².